The fraction of sp³-hybridized carbons (Fsp3) is 0.500. The van der Waals surface area contributed by atoms with Crippen LogP contribution in [0.3, 0.4) is 0 Å². The van der Waals surface area contributed by atoms with E-state index in [0.29, 0.717) is 31.1 Å². The molecule has 1 amide bonds. The van der Waals surface area contributed by atoms with Gasteiger partial charge in [0.25, 0.3) is 0 Å². The SMILES string of the molecule is CC(C)(C)c1csc(NC(=O)C2CCN(S(=O)(=O)c3cccnc3)CC2)n1. The van der Waals surface area contributed by atoms with Crippen molar-refractivity contribution in [1.29, 1.82) is 0 Å². The molecule has 0 unspecified atom stereocenters. The first-order chi connectivity index (χ1) is 12.7. The standard InChI is InChI=1S/C18H24N4O3S2/c1-18(2,3)15-12-26-17(20-15)21-16(23)13-6-9-22(10-7-13)27(24,25)14-5-4-8-19-11-14/h4-5,8,11-13H,6-7,9-10H2,1-3H3,(H,20,21,23). The molecule has 9 heteroatoms. The Morgan fingerprint density at radius 1 is 1.30 bits per heavy atom. The number of anilines is 1. The molecule has 1 saturated heterocycles. The van der Waals surface area contributed by atoms with Gasteiger partial charge in [0.1, 0.15) is 4.90 Å². The highest BCUT2D eigenvalue weighted by Crippen LogP contribution is 2.28. The van der Waals surface area contributed by atoms with Crippen LogP contribution >= 0.6 is 11.3 Å². The van der Waals surface area contributed by atoms with E-state index in [0.717, 1.165) is 5.69 Å². The van der Waals surface area contributed by atoms with Crippen molar-refractivity contribution < 1.29 is 13.2 Å². The van der Waals surface area contributed by atoms with E-state index < -0.39 is 10.0 Å². The smallest absolute Gasteiger partial charge is 0.244 e. The number of piperidine rings is 1. The maximum Gasteiger partial charge on any atom is 0.244 e. The molecule has 0 atom stereocenters. The van der Waals surface area contributed by atoms with Crippen molar-refractivity contribution in [3.63, 3.8) is 0 Å². The van der Waals surface area contributed by atoms with Crippen LogP contribution in [-0.2, 0) is 20.2 Å². The zero-order valence-corrected chi connectivity index (χ0v) is 17.3. The maximum atomic E-state index is 12.6. The highest BCUT2D eigenvalue weighted by Gasteiger charge is 2.32. The molecule has 0 bridgehead atoms. The summed E-state index contributed by atoms with van der Waals surface area (Å²) in [6.45, 7) is 6.87. The number of sulfonamides is 1. The van der Waals surface area contributed by atoms with Crippen LogP contribution in [0, 0.1) is 5.92 Å². The summed E-state index contributed by atoms with van der Waals surface area (Å²) < 4.78 is 26.7. The Balaban J connectivity index is 1.59. The average molecular weight is 409 g/mol. The summed E-state index contributed by atoms with van der Waals surface area (Å²) in [6, 6.07) is 3.14. The van der Waals surface area contributed by atoms with Crippen molar-refractivity contribution >= 4 is 32.4 Å². The highest BCUT2D eigenvalue weighted by molar-refractivity contribution is 7.89. The molecule has 146 valence electrons. The van der Waals surface area contributed by atoms with Gasteiger partial charge in [-0.25, -0.2) is 13.4 Å². The van der Waals surface area contributed by atoms with Crippen LogP contribution in [0.25, 0.3) is 0 Å². The topological polar surface area (TPSA) is 92.3 Å². The molecule has 0 saturated carbocycles. The van der Waals surface area contributed by atoms with E-state index in [4.69, 9.17) is 0 Å². The van der Waals surface area contributed by atoms with Gasteiger partial charge < -0.3 is 5.32 Å². The minimum Gasteiger partial charge on any atom is -0.302 e. The summed E-state index contributed by atoms with van der Waals surface area (Å²) in [6.07, 6.45) is 3.87. The van der Waals surface area contributed by atoms with Gasteiger partial charge in [-0.3, -0.25) is 9.78 Å². The third-order valence-corrected chi connectivity index (χ3v) is 7.24. The quantitative estimate of drug-likeness (QED) is 0.840. The molecule has 2 aromatic heterocycles. The number of carbonyl (C=O) groups excluding carboxylic acids is 1. The van der Waals surface area contributed by atoms with E-state index in [2.05, 4.69) is 36.1 Å². The van der Waals surface area contributed by atoms with Crippen molar-refractivity contribution in [2.45, 2.75) is 43.9 Å². The van der Waals surface area contributed by atoms with E-state index >= 15 is 0 Å². The van der Waals surface area contributed by atoms with Crippen molar-refractivity contribution in [1.82, 2.24) is 14.3 Å². The second kappa shape index (κ2) is 7.65. The van der Waals surface area contributed by atoms with Gasteiger partial charge in [-0.1, -0.05) is 20.8 Å². The van der Waals surface area contributed by atoms with Gasteiger partial charge in [-0.15, -0.1) is 11.3 Å². The number of hydrogen-bond donors (Lipinski definition) is 1. The fourth-order valence-corrected chi connectivity index (χ4v) is 5.26. The fourth-order valence-electron chi connectivity index (χ4n) is 2.89. The number of rotatable bonds is 4. The van der Waals surface area contributed by atoms with E-state index in [9.17, 15) is 13.2 Å². The number of thiazole rings is 1. The van der Waals surface area contributed by atoms with Crippen molar-refractivity contribution in [2.75, 3.05) is 18.4 Å². The van der Waals surface area contributed by atoms with Gasteiger partial charge in [0.2, 0.25) is 15.9 Å². The summed E-state index contributed by atoms with van der Waals surface area (Å²) in [4.78, 5) is 21.1. The van der Waals surface area contributed by atoms with Crippen LogP contribution in [-0.4, -0.2) is 41.7 Å². The Morgan fingerprint density at radius 2 is 2.00 bits per heavy atom. The largest absolute Gasteiger partial charge is 0.302 e. The molecule has 27 heavy (non-hydrogen) atoms. The zero-order chi connectivity index (χ0) is 19.7. The van der Waals surface area contributed by atoms with Crippen LogP contribution in [0.2, 0.25) is 0 Å². The number of hydrogen-bond acceptors (Lipinski definition) is 6. The lowest BCUT2D eigenvalue weighted by atomic mass is 9.93. The van der Waals surface area contributed by atoms with Crippen LogP contribution in [0.4, 0.5) is 5.13 Å². The number of nitrogens with zero attached hydrogens (tertiary/aromatic N) is 3. The van der Waals surface area contributed by atoms with Crippen LogP contribution in [0.1, 0.15) is 39.3 Å². The summed E-state index contributed by atoms with van der Waals surface area (Å²) in [7, 11) is -3.55. The number of nitrogens with one attached hydrogen (secondary N) is 1. The van der Waals surface area contributed by atoms with Gasteiger partial charge in [-0.05, 0) is 25.0 Å². The summed E-state index contributed by atoms with van der Waals surface area (Å²) in [5.41, 5.74) is 0.881. The molecule has 1 fully saturated rings. The summed E-state index contributed by atoms with van der Waals surface area (Å²) in [5.74, 6) is -0.310. The number of carbonyl (C=O) groups is 1. The Kier molecular flexibility index (Phi) is 5.64. The van der Waals surface area contributed by atoms with Crippen LogP contribution in [0.5, 0.6) is 0 Å². The molecule has 2 aromatic rings. The van der Waals surface area contributed by atoms with Crippen molar-refractivity contribution in [3.8, 4) is 0 Å². The second-order valence-electron chi connectivity index (χ2n) is 7.64. The Hall–Kier alpha value is -1.84. The van der Waals surface area contributed by atoms with Crippen molar-refractivity contribution in [2.24, 2.45) is 5.92 Å². The first kappa shape index (κ1) is 19.9. The van der Waals surface area contributed by atoms with Crippen LogP contribution in [0.15, 0.2) is 34.8 Å². The molecule has 0 aliphatic carbocycles. The predicted molar refractivity (Wildman–Crippen MR) is 105 cm³/mol. The molecule has 3 rings (SSSR count). The molecule has 1 N–H and O–H groups in total. The maximum absolute atomic E-state index is 12.6. The average Bonchev–Trinajstić information content (AvgIpc) is 3.11. The first-order valence-corrected chi connectivity index (χ1v) is 11.2. The molecule has 0 aromatic carbocycles. The molecule has 3 heterocycles. The van der Waals surface area contributed by atoms with Gasteiger partial charge in [0.05, 0.1) is 5.69 Å². The Bertz CT molecular complexity index is 896. The Morgan fingerprint density at radius 3 is 2.56 bits per heavy atom. The highest BCUT2D eigenvalue weighted by atomic mass is 32.2. The van der Waals surface area contributed by atoms with Crippen LogP contribution < -0.4 is 5.32 Å². The first-order valence-electron chi connectivity index (χ1n) is 8.85. The van der Waals surface area contributed by atoms with Gasteiger partial charge >= 0.3 is 0 Å². The number of amides is 1. The molecule has 1 aliphatic heterocycles. The second-order valence-corrected chi connectivity index (χ2v) is 10.4. The van der Waals surface area contributed by atoms with E-state index in [1.165, 1.54) is 27.9 Å². The van der Waals surface area contributed by atoms with E-state index in [1.54, 1.807) is 12.3 Å². The summed E-state index contributed by atoms with van der Waals surface area (Å²) in [5, 5.41) is 5.43. The molecule has 1 aliphatic rings. The van der Waals surface area contributed by atoms with Crippen molar-refractivity contribution in [3.05, 3.63) is 35.6 Å². The van der Waals surface area contributed by atoms with E-state index in [-0.39, 0.29) is 22.1 Å². The van der Waals surface area contributed by atoms with E-state index in [1.807, 2.05) is 5.38 Å². The minimum atomic E-state index is -3.55. The Labute approximate surface area is 163 Å². The minimum absolute atomic E-state index is 0.0640. The number of aromatic nitrogens is 2. The summed E-state index contributed by atoms with van der Waals surface area (Å²) >= 11 is 1.41. The molecular formula is C18H24N4O3S2. The third-order valence-electron chi connectivity index (χ3n) is 4.60. The molecular weight excluding hydrogens is 384 g/mol. The van der Waals surface area contributed by atoms with Gasteiger partial charge in [0, 0.05) is 42.2 Å². The van der Waals surface area contributed by atoms with Gasteiger partial charge in [0.15, 0.2) is 5.13 Å². The van der Waals surface area contributed by atoms with Gasteiger partial charge in [-0.2, -0.15) is 4.31 Å². The molecule has 0 radical (unpaired) electrons. The molecule has 7 nitrogen and oxygen atoms in total. The monoisotopic (exact) mass is 408 g/mol. The zero-order valence-electron chi connectivity index (χ0n) is 15.7. The lowest BCUT2D eigenvalue weighted by molar-refractivity contribution is -0.120. The normalized spacial score (nSPS) is 17.0. The number of pyridine rings is 1. The predicted octanol–water partition coefficient (Wildman–Crippen LogP) is 2.88. The third kappa shape index (κ3) is 4.53. The lowest BCUT2D eigenvalue weighted by Crippen LogP contribution is -2.41. The molecule has 0 spiro atoms. The lowest BCUT2D eigenvalue weighted by Gasteiger charge is -2.30.